The van der Waals surface area contributed by atoms with Crippen LogP contribution in [0.4, 0.5) is 0 Å². The predicted octanol–water partition coefficient (Wildman–Crippen LogP) is 0.353. The van der Waals surface area contributed by atoms with Crippen LogP contribution in [-0.2, 0) is 23.2 Å². The van der Waals surface area contributed by atoms with Crippen molar-refractivity contribution in [2.24, 2.45) is 5.41 Å². The van der Waals surface area contributed by atoms with Crippen molar-refractivity contribution in [1.29, 1.82) is 0 Å². The van der Waals surface area contributed by atoms with E-state index >= 15 is 0 Å². The molecule has 2 aliphatic carbocycles. The number of hydrogen-bond donors (Lipinski definition) is 0. The van der Waals surface area contributed by atoms with Crippen LogP contribution in [-0.4, -0.2) is 8.07 Å². The zero-order valence-electron chi connectivity index (χ0n) is 16.2. The summed E-state index contributed by atoms with van der Waals surface area (Å²) in [4.78, 5) is 0. The van der Waals surface area contributed by atoms with Gasteiger partial charge in [0.25, 0.3) is 0 Å². The largest absolute Gasteiger partial charge is 1.00 e. The molecule has 132 valence electrons. The van der Waals surface area contributed by atoms with Crippen molar-refractivity contribution in [2.45, 2.75) is 73.0 Å². The Kier molecular flexibility index (Phi) is 7.29. The van der Waals surface area contributed by atoms with Gasteiger partial charge in [0.15, 0.2) is 0 Å². The summed E-state index contributed by atoms with van der Waals surface area (Å²) in [5.74, 6) is 0. The Labute approximate surface area is 173 Å². The van der Waals surface area contributed by atoms with Gasteiger partial charge in [-0.1, -0.05) is 0 Å². The van der Waals surface area contributed by atoms with Crippen LogP contribution >= 0.6 is 0 Å². The minimum atomic E-state index is -1.03. The first-order chi connectivity index (χ1) is 10.2. The van der Waals surface area contributed by atoms with E-state index in [0.29, 0.717) is 5.41 Å². The summed E-state index contributed by atoms with van der Waals surface area (Å²) in [5, 5.41) is 1.90. The Bertz CT molecular complexity index is 661. The van der Waals surface area contributed by atoms with Gasteiger partial charge in [0.1, 0.15) is 0 Å². The molecule has 0 unspecified atom stereocenters. The average Bonchev–Trinajstić information content (AvgIpc) is 2.86. The zero-order chi connectivity index (χ0) is 16.3. The first-order valence-electron chi connectivity index (χ1n) is 8.76. The summed E-state index contributed by atoms with van der Waals surface area (Å²) in [6.07, 6.45) is 5.39. The molecule has 0 nitrogen and oxygen atoms in total. The third-order valence-electron chi connectivity index (χ3n) is 6.73. The first-order valence-corrected chi connectivity index (χ1v) is 14.1. The van der Waals surface area contributed by atoms with Crippen molar-refractivity contribution in [3.8, 4) is 0 Å². The second-order valence-electron chi connectivity index (χ2n) is 8.39. The number of allylic oxidation sites excluding steroid dienone is 8. The maximum Gasteiger partial charge on any atom is -1.00 e. The third kappa shape index (κ3) is 3.42. The van der Waals surface area contributed by atoms with Crippen LogP contribution < -0.4 is 24.8 Å². The van der Waals surface area contributed by atoms with Crippen LogP contribution in [0.3, 0.4) is 0 Å². The molecule has 1 aliphatic heterocycles. The van der Waals surface area contributed by atoms with Crippen LogP contribution in [0.2, 0.25) is 18.6 Å². The van der Waals surface area contributed by atoms with Crippen LogP contribution in [0.5, 0.6) is 0 Å². The van der Waals surface area contributed by atoms with E-state index in [1.54, 1.807) is 34.4 Å². The van der Waals surface area contributed by atoms with Gasteiger partial charge >= 0.3 is 150 Å². The molecule has 0 bridgehead atoms. The molecule has 3 aliphatic rings. The molecule has 0 N–H and O–H groups in total. The molecule has 0 radical (unpaired) electrons. The van der Waals surface area contributed by atoms with Gasteiger partial charge < -0.3 is 24.8 Å². The summed E-state index contributed by atoms with van der Waals surface area (Å²) in [6.45, 7) is 17.1. The second-order valence-corrected chi connectivity index (χ2v) is 16.1. The predicted molar refractivity (Wildman–Crippen MR) is 96.1 cm³/mol. The van der Waals surface area contributed by atoms with Crippen molar-refractivity contribution in [3.05, 3.63) is 40.1 Å². The fourth-order valence-corrected chi connectivity index (χ4v) is 14.4. The number of rotatable bonds is 3. The van der Waals surface area contributed by atoms with Gasteiger partial charge in [0, 0.05) is 0 Å². The van der Waals surface area contributed by atoms with Gasteiger partial charge in [-0.15, -0.1) is 0 Å². The van der Waals surface area contributed by atoms with Crippen molar-refractivity contribution < 1.29 is 48.0 Å². The van der Waals surface area contributed by atoms with Crippen molar-refractivity contribution in [1.82, 2.24) is 0 Å². The Balaban J connectivity index is 0.00000144. The van der Waals surface area contributed by atoms with Crippen LogP contribution in [0.1, 0.15) is 54.4 Å². The van der Waals surface area contributed by atoms with E-state index in [0.717, 1.165) is 0 Å². The van der Waals surface area contributed by atoms with Crippen molar-refractivity contribution >= 4 is 8.07 Å². The molecule has 0 aromatic carbocycles. The SMILES string of the molecule is CC1=[C]([Zr+2][C]2=C(C)C(C)=C(C)C2(C)C)C([Si]2(C)CCC2)=CC1.[Cl-].[Cl-]. The zero-order valence-corrected chi connectivity index (χ0v) is 21.1. The minimum Gasteiger partial charge on any atom is -1.00 e. The Hall–Kier alpha value is 0.640. The van der Waals surface area contributed by atoms with Gasteiger partial charge in [-0.3, -0.25) is 0 Å². The van der Waals surface area contributed by atoms with E-state index in [4.69, 9.17) is 0 Å². The van der Waals surface area contributed by atoms with E-state index in [9.17, 15) is 0 Å². The summed E-state index contributed by atoms with van der Waals surface area (Å²) in [7, 11) is -1.03. The van der Waals surface area contributed by atoms with Crippen molar-refractivity contribution in [2.75, 3.05) is 0 Å². The number of halogens is 2. The summed E-state index contributed by atoms with van der Waals surface area (Å²) >= 11 is -0.657. The molecule has 0 amide bonds. The smallest absolute Gasteiger partial charge is 1.00 e. The van der Waals surface area contributed by atoms with E-state index < -0.39 is 31.3 Å². The normalized spacial score (nSPS) is 24.2. The van der Waals surface area contributed by atoms with Crippen LogP contribution in [0.15, 0.2) is 40.1 Å². The number of hydrogen-bond acceptors (Lipinski definition) is 0. The van der Waals surface area contributed by atoms with Gasteiger partial charge in [0.05, 0.1) is 0 Å². The van der Waals surface area contributed by atoms with Crippen LogP contribution in [0.25, 0.3) is 0 Å². The Morgan fingerprint density at radius 2 is 1.58 bits per heavy atom. The fraction of sp³-hybridized carbons (Fsp3) is 0.600. The molecule has 0 saturated carbocycles. The summed E-state index contributed by atoms with van der Waals surface area (Å²) < 4.78 is 3.76. The first kappa shape index (κ1) is 22.7. The molecule has 4 heteroatoms. The third-order valence-corrected chi connectivity index (χ3v) is 17.4. The molecule has 0 atom stereocenters. The van der Waals surface area contributed by atoms with E-state index in [2.05, 4.69) is 54.2 Å². The summed E-state index contributed by atoms with van der Waals surface area (Å²) in [6, 6.07) is 3.10. The quantitative estimate of drug-likeness (QED) is 0.534. The van der Waals surface area contributed by atoms with E-state index in [-0.39, 0.29) is 24.8 Å². The van der Waals surface area contributed by atoms with Gasteiger partial charge in [-0.2, -0.15) is 0 Å². The summed E-state index contributed by atoms with van der Waals surface area (Å²) in [5.41, 5.74) is 6.88. The van der Waals surface area contributed by atoms with Crippen LogP contribution in [0, 0.1) is 5.41 Å². The van der Waals surface area contributed by atoms with Gasteiger partial charge in [-0.25, -0.2) is 0 Å². The molecule has 0 aromatic rings. The molecular weight excluding hydrogens is 430 g/mol. The molecule has 0 spiro atoms. The maximum absolute atomic E-state index is 2.65. The Morgan fingerprint density at radius 3 is 2.00 bits per heavy atom. The average molecular weight is 461 g/mol. The standard InChI is InChI=1S/C10H15Si.C10H15.2ClH.Zr/c1-9-4-5-10(8-9)11(2)6-3-7-11;1-7-6-10(4,5)9(3)8(7)2;;;/h5H,3-4,6-7H2,1-2H3;1-5H3;2*1H;/q;;;;+2/p-2. The topological polar surface area (TPSA) is 0 Å². The Morgan fingerprint density at radius 1 is 1.00 bits per heavy atom. The van der Waals surface area contributed by atoms with Crippen molar-refractivity contribution in [3.63, 3.8) is 0 Å². The fourth-order valence-electron chi connectivity index (χ4n) is 4.36. The monoisotopic (exact) mass is 458 g/mol. The second kappa shape index (κ2) is 7.71. The maximum atomic E-state index is 2.65. The molecule has 3 rings (SSSR count). The van der Waals surface area contributed by atoms with Gasteiger partial charge in [0.2, 0.25) is 0 Å². The molecule has 1 fully saturated rings. The minimum absolute atomic E-state index is 0. The van der Waals surface area contributed by atoms with Gasteiger partial charge in [-0.05, 0) is 0 Å². The molecule has 24 heavy (non-hydrogen) atoms. The van der Waals surface area contributed by atoms with E-state index in [1.807, 2.05) is 11.8 Å². The molecule has 0 aromatic heterocycles. The molecular formula is C20H30Cl2SiZr. The van der Waals surface area contributed by atoms with E-state index in [1.165, 1.54) is 12.8 Å². The molecule has 1 heterocycles. The molecule has 1 saturated heterocycles.